The van der Waals surface area contributed by atoms with E-state index in [9.17, 15) is 0 Å². The number of rotatable bonds is 6. The Bertz CT molecular complexity index is 323. The van der Waals surface area contributed by atoms with Gasteiger partial charge in [-0.2, -0.15) is 0 Å². The second kappa shape index (κ2) is 6.77. The first-order chi connectivity index (χ1) is 7.29. The lowest BCUT2D eigenvalue weighted by Crippen LogP contribution is -1.99. The maximum absolute atomic E-state index is 5.30. The van der Waals surface area contributed by atoms with E-state index >= 15 is 0 Å². The molecule has 0 aliphatic heterocycles. The van der Waals surface area contributed by atoms with Crippen molar-refractivity contribution in [1.82, 2.24) is 0 Å². The van der Waals surface area contributed by atoms with Crippen LogP contribution in [0.25, 0.3) is 0 Å². The minimum atomic E-state index is 0.318. The molecule has 0 atom stereocenters. The van der Waals surface area contributed by atoms with E-state index in [2.05, 4.69) is 28.6 Å². The average Bonchev–Trinajstić information content (AvgIpc) is 2.24. The quantitative estimate of drug-likeness (QED) is 0.449. The molecule has 0 fully saturated rings. The van der Waals surface area contributed by atoms with Gasteiger partial charge in [0.25, 0.3) is 0 Å². The number of benzene rings is 1. The van der Waals surface area contributed by atoms with Gasteiger partial charge in [0.05, 0.1) is 6.61 Å². The van der Waals surface area contributed by atoms with Crippen molar-refractivity contribution < 1.29 is 9.47 Å². The van der Waals surface area contributed by atoms with Crippen LogP contribution in [-0.4, -0.2) is 13.9 Å². The Balaban J connectivity index is 2.70. The Morgan fingerprint density at radius 3 is 2.80 bits per heavy atom. The summed E-state index contributed by atoms with van der Waals surface area (Å²) >= 11 is 3.57. The molecule has 15 heavy (non-hydrogen) atoms. The molecule has 0 spiro atoms. The Kier molecular flexibility index (Phi) is 5.61. The van der Waals surface area contributed by atoms with Crippen molar-refractivity contribution in [3.05, 3.63) is 46.5 Å². The summed E-state index contributed by atoms with van der Waals surface area (Å²) in [4.78, 5) is 0. The zero-order valence-electron chi connectivity index (χ0n) is 8.83. The van der Waals surface area contributed by atoms with E-state index in [4.69, 9.17) is 9.47 Å². The SMILES string of the molecule is C=CCc1cccc(COCOC)c1Br. The van der Waals surface area contributed by atoms with E-state index in [0.717, 1.165) is 16.5 Å². The summed E-state index contributed by atoms with van der Waals surface area (Å²) in [7, 11) is 1.61. The molecule has 1 rings (SSSR count). The summed E-state index contributed by atoms with van der Waals surface area (Å²) in [5, 5.41) is 0. The molecule has 0 unspecified atom stereocenters. The van der Waals surface area contributed by atoms with Crippen LogP contribution >= 0.6 is 15.9 Å². The maximum atomic E-state index is 5.30. The first-order valence-electron chi connectivity index (χ1n) is 4.73. The van der Waals surface area contributed by atoms with Gasteiger partial charge in [-0.3, -0.25) is 0 Å². The Hall–Kier alpha value is -0.640. The summed E-state index contributed by atoms with van der Waals surface area (Å²) < 4.78 is 11.2. The van der Waals surface area contributed by atoms with Crippen LogP contribution in [0, 0.1) is 0 Å². The number of halogens is 1. The van der Waals surface area contributed by atoms with Crippen LogP contribution in [0.2, 0.25) is 0 Å². The molecule has 1 aromatic carbocycles. The summed E-state index contributed by atoms with van der Waals surface area (Å²) in [6.45, 7) is 4.60. The van der Waals surface area contributed by atoms with Crippen molar-refractivity contribution >= 4 is 15.9 Å². The predicted octanol–water partition coefficient (Wildman–Crippen LogP) is 3.30. The van der Waals surface area contributed by atoms with Gasteiger partial charge in [-0.1, -0.05) is 40.2 Å². The summed E-state index contributed by atoms with van der Waals surface area (Å²) in [5.74, 6) is 0. The molecule has 0 N–H and O–H groups in total. The average molecular weight is 271 g/mol. The Morgan fingerprint density at radius 2 is 2.13 bits per heavy atom. The van der Waals surface area contributed by atoms with E-state index in [1.54, 1.807) is 7.11 Å². The van der Waals surface area contributed by atoms with Gasteiger partial charge in [0, 0.05) is 11.6 Å². The van der Waals surface area contributed by atoms with Crippen molar-refractivity contribution in [2.45, 2.75) is 13.0 Å². The Labute approximate surface area is 99.0 Å². The van der Waals surface area contributed by atoms with Crippen LogP contribution in [0.3, 0.4) is 0 Å². The minimum Gasteiger partial charge on any atom is -0.359 e. The summed E-state index contributed by atoms with van der Waals surface area (Å²) in [6.07, 6.45) is 2.75. The van der Waals surface area contributed by atoms with Crippen molar-refractivity contribution in [1.29, 1.82) is 0 Å². The molecular weight excluding hydrogens is 256 g/mol. The molecule has 0 radical (unpaired) electrons. The van der Waals surface area contributed by atoms with E-state index in [1.807, 2.05) is 18.2 Å². The van der Waals surface area contributed by atoms with E-state index in [-0.39, 0.29) is 0 Å². The van der Waals surface area contributed by atoms with Gasteiger partial charge in [-0.15, -0.1) is 6.58 Å². The summed E-state index contributed by atoms with van der Waals surface area (Å²) in [5.41, 5.74) is 2.36. The van der Waals surface area contributed by atoms with Gasteiger partial charge < -0.3 is 9.47 Å². The van der Waals surface area contributed by atoms with Gasteiger partial charge in [-0.25, -0.2) is 0 Å². The first-order valence-corrected chi connectivity index (χ1v) is 5.52. The molecule has 0 saturated heterocycles. The van der Waals surface area contributed by atoms with Gasteiger partial charge in [0.1, 0.15) is 6.79 Å². The second-order valence-corrected chi connectivity index (χ2v) is 3.93. The summed E-state index contributed by atoms with van der Waals surface area (Å²) in [6, 6.07) is 6.13. The number of methoxy groups -OCH3 is 1. The van der Waals surface area contributed by atoms with Gasteiger partial charge in [-0.05, 0) is 17.5 Å². The molecular formula is C12H15BrO2. The lowest BCUT2D eigenvalue weighted by molar-refractivity contribution is -0.0392. The van der Waals surface area contributed by atoms with Gasteiger partial charge >= 0.3 is 0 Å². The molecule has 0 aliphatic rings. The van der Waals surface area contributed by atoms with Crippen LogP contribution in [0.4, 0.5) is 0 Å². The lowest BCUT2D eigenvalue weighted by atomic mass is 10.1. The smallest absolute Gasteiger partial charge is 0.146 e. The molecule has 0 amide bonds. The highest BCUT2D eigenvalue weighted by atomic mass is 79.9. The fraction of sp³-hybridized carbons (Fsp3) is 0.333. The zero-order chi connectivity index (χ0) is 11.1. The minimum absolute atomic E-state index is 0.318. The van der Waals surface area contributed by atoms with Crippen molar-refractivity contribution in [2.24, 2.45) is 0 Å². The lowest BCUT2D eigenvalue weighted by Gasteiger charge is -2.08. The van der Waals surface area contributed by atoms with Gasteiger partial charge in [0.15, 0.2) is 0 Å². The van der Waals surface area contributed by atoms with Crippen LogP contribution in [-0.2, 0) is 22.5 Å². The third kappa shape index (κ3) is 3.78. The third-order valence-corrected chi connectivity index (χ3v) is 3.00. The van der Waals surface area contributed by atoms with Crippen molar-refractivity contribution in [2.75, 3.05) is 13.9 Å². The number of allylic oxidation sites excluding steroid dienone is 1. The molecule has 82 valence electrons. The number of ether oxygens (including phenoxy) is 2. The van der Waals surface area contributed by atoms with Crippen LogP contribution < -0.4 is 0 Å². The molecule has 3 heteroatoms. The molecule has 0 aromatic heterocycles. The fourth-order valence-electron chi connectivity index (χ4n) is 1.29. The van der Waals surface area contributed by atoms with E-state index in [1.165, 1.54) is 5.56 Å². The molecule has 0 bridgehead atoms. The maximum Gasteiger partial charge on any atom is 0.146 e. The van der Waals surface area contributed by atoms with E-state index < -0.39 is 0 Å². The zero-order valence-corrected chi connectivity index (χ0v) is 10.4. The van der Waals surface area contributed by atoms with Gasteiger partial charge in [0.2, 0.25) is 0 Å². The molecule has 0 heterocycles. The molecule has 1 aromatic rings. The van der Waals surface area contributed by atoms with Crippen LogP contribution in [0.5, 0.6) is 0 Å². The first kappa shape index (κ1) is 12.4. The highest BCUT2D eigenvalue weighted by Crippen LogP contribution is 2.23. The van der Waals surface area contributed by atoms with Crippen LogP contribution in [0.15, 0.2) is 35.3 Å². The van der Waals surface area contributed by atoms with Crippen LogP contribution in [0.1, 0.15) is 11.1 Å². The van der Waals surface area contributed by atoms with E-state index in [0.29, 0.717) is 13.4 Å². The monoisotopic (exact) mass is 270 g/mol. The number of hydrogen-bond donors (Lipinski definition) is 0. The number of hydrogen-bond acceptors (Lipinski definition) is 2. The third-order valence-electron chi connectivity index (χ3n) is 1.98. The molecule has 0 aliphatic carbocycles. The highest BCUT2D eigenvalue weighted by molar-refractivity contribution is 9.10. The fourth-order valence-corrected chi connectivity index (χ4v) is 1.83. The topological polar surface area (TPSA) is 18.5 Å². The van der Waals surface area contributed by atoms with Crippen molar-refractivity contribution in [3.63, 3.8) is 0 Å². The van der Waals surface area contributed by atoms with Crippen molar-refractivity contribution in [3.8, 4) is 0 Å². The Morgan fingerprint density at radius 1 is 1.40 bits per heavy atom. The standard InChI is InChI=1S/C12H15BrO2/c1-3-5-10-6-4-7-11(12(10)13)8-15-9-14-2/h3-4,6-7H,1,5,8-9H2,2H3. The molecule has 2 nitrogen and oxygen atoms in total. The largest absolute Gasteiger partial charge is 0.359 e. The normalized spacial score (nSPS) is 10.3. The highest BCUT2D eigenvalue weighted by Gasteiger charge is 2.04. The predicted molar refractivity (Wildman–Crippen MR) is 64.7 cm³/mol. The molecule has 0 saturated carbocycles. The second-order valence-electron chi connectivity index (χ2n) is 3.14.